The smallest absolute Gasteiger partial charge is 0.257 e. The second kappa shape index (κ2) is 5.42. The van der Waals surface area contributed by atoms with Gasteiger partial charge in [0.2, 0.25) is 0 Å². The van der Waals surface area contributed by atoms with Crippen molar-refractivity contribution in [3.8, 4) is 0 Å². The summed E-state index contributed by atoms with van der Waals surface area (Å²) in [6.45, 7) is 0. The van der Waals surface area contributed by atoms with Crippen molar-refractivity contribution in [1.29, 1.82) is 0 Å². The number of fused-ring (bicyclic) bond motifs is 1. The van der Waals surface area contributed by atoms with Gasteiger partial charge in [0.25, 0.3) is 5.91 Å². The van der Waals surface area contributed by atoms with Gasteiger partial charge in [-0.1, -0.05) is 17.7 Å². The predicted molar refractivity (Wildman–Crippen MR) is 85.6 cm³/mol. The van der Waals surface area contributed by atoms with E-state index in [2.05, 4.69) is 10.3 Å². The molecular formula is C16H12ClN3O. The van der Waals surface area contributed by atoms with E-state index in [1.54, 1.807) is 30.5 Å². The zero-order valence-electron chi connectivity index (χ0n) is 11.0. The molecule has 0 radical (unpaired) electrons. The van der Waals surface area contributed by atoms with E-state index in [9.17, 15) is 4.79 Å². The first-order valence-electron chi connectivity index (χ1n) is 6.34. The zero-order chi connectivity index (χ0) is 14.8. The number of anilines is 2. The number of carbonyl (C=O) groups is 1. The number of nitrogen functional groups attached to an aromatic ring is 1. The van der Waals surface area contributed by atoms with Crippen LogP contribution >= 0.6 is 11.6 Å². The molecule has 0 saturated carbocycles. The maximum Gasteiger partial charge on any atom is 0.257 e. The van der Waals surface area contributed by atoms with Crippen LogP contribution in [0, 0.1) is 0 Å². The van der Waals surface area contributed by atoms with Crippen LogP contribution in [-0.2, 0) is 0 Å². The van der Waals surface area contributed by atoms with Crippen molar-refractivity contribution >= 4 is 39.8 Å². The highest BCUT2D eigenvalue weighted by atomic mass is 35.5. The second-order valence-corrected chi connectivity index (χ2v) is 5.01. The summed E-state index contributed by atoms with van der Waals surface area (Å²) in [5.74, 6) is -0.275. The summed E-state index contributed by atoms with van der Waals surface area (Å²) in [5.41, 5.74) is 8.09. The SMILES string of the molecule is Nc1ccc(C(=O)Nc2ccc3ncccc3c2)c(Cl)c1. The van der Waals surface area contributed by atoms with E-state index in [-0.39, 0.29) is 5.91 Å². The number of amides is 1. The lowest BCUT2D eigenvalue weighted by Crippen LogP contribution is -2.12. The largest absolute Gasteiger partial charge is 0.399 e. The van der Waals surface area contributed by atoms with Gasteiger partial charge in [0, 0.05) is 23.0 Å². The molecule has 0 spiro atoms. The lowest BCUT2D eigenvalue weighted by Gasteiger charge is -2.08. The van der Waals surface area contributed by atoms with Crippen LogP contribution in [0.4, 0.5) is 11.4 Å². The number of carbonyl (C=O) groups excluding carboxylic acids is 1. The lowest BCUT2D eigenvalue weighted by atomic mass is 10.1. The number of rotatable bonds is 2. The molecule has 0 aliphatic rings. The van der Waals surface area contributed by atoms with Gasteiger partial charge in [-0.3, -0.25) is 9.78 Å². The first-order valence-corrected chi connectivity index (χ1v) is 6.72. The Bertz CT molecular complexity index is 833. The minimum absolute atomic E-state index is 0.275. The van der Waals surface area contributed by atoms with Crippen LogP contribution in [0.3, 0.4) is 0 Å². The van der Waals surface area contributed by atoms with Gasteiger partial charge in [0.15, 0.2) is 0 Å². The maximum atomic E-state index is 12.2. The van der Waals surface area contributed by atoms with Gasteiger partial charge in [-0.05, 0) is 42.5 Å². The molecule has 1 amide bonds. The molecule has 0 aliphatic carbocycles. The molecule has 0 aliphatic heterocycles. The molecule has 3 aromatic rings. The topological polar surface area (TPSA) is 68.0 Å². The Hall–Kier alpha value is -2.59. The van der Waals surface area contributed by atoms with Crippen molar-refractivity contribution in [2.24, 2.45) is 0 Å². The number of nitrogens with zero attached hydrogens (tertiary/aromatic N) is 1. The Morgan fingerprint density at radius 1 is 1.14 bits per heavy atom. The first-order chi connectivity index (χ1) is 10.1. The van der Waals surface area contributed by atoms with Crippen molar-refractivity contribution in [1.82, 2.24) is 4.98 Å². The third-order valence-corrected chi connectivity index (χ3v) is 3.41. The third-order valence-electron chi connectivity index (χ3n) is 3.10. The molecule has 0 saturated heterocycles. The fraction of sp³-hybridized carbons (Fsp3) is 0. The van der Waals surface area contributed by atoms with Gasteiger partial charge < -0.3 is 11.1 Å². The van der Waals surface area contributed by atoms with E-state index in [4.69, 9.17) is 17.3 Å². The minimum atomic E-state index is -0.275. The summed E-state index contributed by atoms with van der Waals surface area (Å²) in [7, 11) is 0. The molecule has 2 aromatic carbocycles. The third kappa shape index (κ3) is 2.80. The van der Waals surface area contributed by atoms with Gasteiger partial charge in [0.05, 0.1) is 16.1 Å². The standard InChI is InChI=1S/C16H12ClN3O/c17-14-9-11(18)3-5-13(14)16(21)20-12-4-6-15-10(8-12)2-1-7-19-15/h1-9H,18H2,(H,20,21). The molecule has 21 heavy (non-hydrogen) atoms. The van der Waals surface area contributed by atoms with Crippen molar-refractivity contribution in [3.63, 3.8) is 0 Å². The van der Waals surface area contributed by atoms with Gasteiger partial charge in [-0.2, -0.15) is 0 Å². The molecule has 4 nitrogen and oxygen atoms in total. The van der Waals surface area contributed by atoms with E-state index >= 15 is 0 Å². The molecule has 3 N–H and O–H groups in total. The Balaban J connectivity index is 1.89. The number of hydrogen-bond donors (Lipinski definition) is 2. The number of nitrogens with two attached hydrogens (primary N) is 1. The number of pyridine rings is 1. The van der Waals surface area contributed by atoms with Crippen molar-refractivity contribution in [3.05, 3.63) is 65.3 Å². The van der Waals surface area contributed by atoms with Gasteiger partial charge in [-0.15, -0.1) is 0 Å². The summed E-state index contributed by atoms with van der Waals surface area (Å²) in [5, 5.41) is 4.10. The summed E-state index contributed by atoms with van der Waals surface area (Å²) >= 11 is 6.03. The van der Waals surface area contributed by atoms with Gasteiger partial charge >= 0.3 is 0 Å². The van der Waals surface area contributed by atoms with E-state index in [1.807, 2.05) is 24.3 Å². The van der Waals surface area contributed by atoms with E-state index in [1.165, 1.54) is 0 Å². The molecule has 1 aromatic heterocycles. The molecule has 104 valence electrons. The molecule has 0 atom stereocenters. The van der Waals surface area contributed by atoms with E-state index in [0.29, 0.717) is 22.0 Å². The van der Waals surface area contributed by atoms with Crippen LogP contribution in [0.5, 0.6) is 0 Å². The first kappa shape index (κ1) is 13.4. The van der Waals surface area contributed by atoms with Crippen molar-refractivity contribution < 1.29 is 4.79 Å². The normalized spacial score (nSPS) is 10.5. The summed E-state index contributed by atoms with van der Waals surface area (Å²) in [4.78, 5) is 16.5. The highest BCUT2D eigenvalue weighted by molar-refractivity contribution is 6.34. The van der Waals surface area contributed by atoms with Crippen molar-refractivity contribution in [2.45, 2.75) is 0 Å². The number of nitrogens with one attached hydrogen (secondary N) is 1. The highest BCUT2D eigenvalue weighted by Gasteiger charge is 2.11. The lowest BCUT2D eigenvalue weighted by molar-refractivity contribution is 0.102. The molecule has 0 fully saturated rings. The number of halogens is 1. The highest BCUT2D eigenvalue weighted by Crippen LogP contribution is 2.22. The Labute approximate surface area is 126 Å². The van der Waals surface area contributed by atoms with Gasteiger partial charge in [0.1, 0.15) is 0 Å². The Morgan fingerprint density at radius 3 is 2.81 bits per heavy atom. The Kier molecular flexibility index (Phi) is 3.46. The quantitative estimate of drug-likeness (QED) is 0.708. The molecule has 1 heterocycles. The van der Waals surface area contributed by atoms with Crippen LogP contribution in [0.15, 0.2) is 54.7 Å². The molecule has 0 unspecified atom stereocenters. The Morgan fingerprint density at radius 2 is 2.00 bits per heavy atom. The van der Waals surface area contributed by atoms with Crippen LogP contribution < -0.4 is 11.1 Å². The average Bonchev–Trinajstić information content (AvgIpc) is 2.47. The number of aromatic nitrogens is 1. The monoisotopic (exact) mass is 297 g/mol. The van der Waals surface area contributed by atoms with Crippen LogP contribution in [0.2, 0.25) is 5.02 Å². The molecule has 5 heteroatoms. The van der Waals surface area contributed by atoms with Crippen LogP contribution in [-0.4, -0.2) is 10.9 Å². The zero-order valence-corrected chi connectivity index (χ0v) is 11.8. The van der Waals surface area contributed by atoms with Crippen LogP contribution in [0.1, 0.15) is 10.4 Å². The number of benzene rings is 2. The fourth-order valence-corrected chi connectivity index (χ4v) is 2.34. The summed E-state index contributed by atoms with van der Waals surface area (Å²) < 4.78 is 0. The summed E-state index contributed by atoms with van der Waals surface area (Å²) in [6, 6.07) is 14.1. The minimum Gasteiger partial charge on any atom is -0.399 e. The molecule has 0 bridgehead atoms. The maximum absolute atomic E-state index is 12.2. The average molecular weight is 298 g/mol. The van der Waals surface area contributed by atoms with E-state index < -0.39 is 0 Å². The van der Waals surface area contributed by atoms with Crippen molar-refractivity contribution in [2.75, 3.05) is 11.1 Å². The van der Waals surface area contributed by atoms with E-state index in [0.717, 1.165) is 10.9 Å². The van der Waals surface area contributed by atoms with Crippen LogP contribution in [0.25, 0.3) is 10.9 Å². The fourth-order valence-electron chi connectivity index (χ4n) is 2.07. The number of hydrogen-bond acceptors (Lipinski definition) is 3. The molecular weight excluding hydrogens is 286 g/mol. The predicted octanol–water partition coefficient (Wildman–Crippen LogP) is 3.72. The summed E-state index contributed by atoms with van der Waals surface area (Å²) in [6.07, 6.45) is 1.73. The van der Waals surface area contributed by atoms with Gasteiger partial charge in [-0.25, -0.2) is 0 Å². The molecule has 3 rings (SSSR count). The second-order valence-electron chi connectivity index (χ2n) is 4.60.